The van der Waals surface area contributed by atoms with E-state index < -0.39 is 17.7 Å². The minimum absolute atomic E-state index is 0.0663. The normalized spacial score (nSPS) is 29.4. The van der Waals surface area contributed by atoms with E-state index in [-0.39, 0.29) is 17.9 Å². The third-order valence-electron chi connectivity index (χ3n) is 3.92. The van der Waals surface area contributed by atoms with Crippen molar-refractivity contribution in [3.8, 4) is 0 Å². The van der Waals surface area contributed by atoms with Crippen molar-refractivity contribution in [3.63, 3.8) is 0 Å². The Balaban J connectivity index is 1.79. The van der Waals surface area contributed by atoms with Crippen LogP contribution < -0.4 is 5.73 Å². The second-order valence-electron chi connectivity index (χ2n) is 5.43. The zero-order chi connectivity index (χ0) is 14.3. The molecule has 1 heterocycles. The summed E-state index contributed by atoms with van der Waals surface area (Å²) in [4.78, 5) is 17.6. The van der Waals surface area contributed by atoms with Crippen molar-refractivity contribution < 1.29 is 18.4 Å². The molecular formula is C14H16F2N2O2. The first-order chi connectivity index (χ1) is 9.54. The summed E-state index contributed by atoms with van der Waals surface area (Å²) in [5.41, 5.74) is 6.11. The van der Waals surface area contributed by atoms with Crippen LogP contribution in [0.5, 0.6) is 0 Å². The molecule has 4 nitrogen and oxygen atoms in total. The number of amides is 1. The minimum atomic E-state index is -0.648. The molecule has 1 aromatic carbocycles. The second-order valence-corrected chi connectivity index (χ2v) is 5.43. The van der Waals surface area contributed by atoms with Crippen molar-refractivity contribution in [2.24, 2.45) is 11.7 Å². The number of rotatable bonds is 2. The Morgan fingerprint density at radius 1 is 1.25 bits per heavy atom. The molecule has 1 saturated carbocycles. The van der Waals surface area contributed by atoms with Crippen LogP contribution in [0.25, 0.3) is 0 Å². The zero-order valence-electron chi connectivity index (χ0n) is 10.9. The van der Waals surface area contributed by atoms with Gasteiger partial charge in [-0.05, 0) is 30.5 Å². The van der Waals surface area contributed by atoms with Crippen molar-refractivity contribution in [2.75, 3.05) is 6.61 Å². The average Bonchev–Trinajstić information content (AvgIpc) is 2.82. The Kier molecular flexibility index (Phi) is 3.43. The highest BCUT2D eigenvalue weighted by Crippen LogP contribution is 2.36. The molecule has 0 bridgehead atoms. The number of nitrogens with zero attached hydrogens (tertiary/aromatic N) is 1. The Labute approximate surface area is 115 Å². The summed E-state index contributed by atoms with van der Waals surface area (Å²) in [5.74, 6) is -1.57. The SMILES string of the molecule is N[C@H]1C[C@H](C(=O)N2OCC[C@H]2c2cc(F)cc(F)c2)C1. The molecule has 0 radical (unpaired) electrons. The van der Waals surface area contributed by atoms with E-state index in [2.05, 4.69) is 0 Å². The third-order valence-corrected chi connectivity index (χ3v) is 3.92. The maximum Gasteiger partial charge on any atom is 0.249 e. The van der Waals surface area contributed by atoms with Gasteiger partial charge in [0.25, 0.3) is 0 Å². The lowest BCUT2D eigenvalue weighted by atomic mass is 9.80. The lowest BCUT2D eigenvalue weighted by Gasteiger charge is -2.35. The van der Waals surface area contributed by atoms with Crippen LogP contribution in [0, 0.1) is 17.6 Å². The van der Waals surface area contributed by atoms with E-state index >= 15 is 0 Å². The van der Waals surface area contributed by atoms with Crippen molar-refractivity contribution in [2.45, 2.75) is 31.3 Å². The van der Waals surface area contributed by atoms with Crippen LogP contribution in [-0.2, 0) is 9.63 Å². The summed E-state index contributed by atoms with van der Waals surface area (Å²) in [6.07, 6.45) is 1.82. The lowest BCUT2D eigenvalue weighted by Crippen LogP contribution is -2.46. The van der Waals surface area contributed by atoms with E-state index in [0.717, 1.165) is 6.07 Å². The molecule has 108 valence electrons. The minimum Gasteiger partial charge on any atom is -0.328 e. The zero-order valence-corrected chi connectivity index (χ0v) is 10.9. The van der Waals surface area contributed by atoms with Crippen LogP contribution in [0.1, 0.15) is 30.9 Å². The van der Waals surface area contributed by atoms with Crippen LogP contribution in [-0.4, -0.2) is 23.6 Å². The Bertz CT molecular complexity index is 512. The first kappa shape index (κ1) is 13.5. The largest absolute Gasteiger partial charge is 0.328 e. The number of hydrogen-bond acceptors (Lipinski definition) is 3. The average molecular weight is 282 g/mol. The van der Waals surface area contributed by atoms with E-state index in [1.165, 1.54) is 17.2 Å². The molecule has 0 aromatic heterocycles. The van der Waals surface area contributed by atoms with Crippen molar-refractivity contribution in [1.82, 2.24) is 5.06 Å². The number of nitrogens with two attached hydrogens (primary N) is 1. The standard InChI is InChI=1S/C14H16F2N2O2/c15-10-3-8(4-11(16)7-10)13-1-2-20-18(13)14(19)9-5-12(17)6-9/h3-4,7,9,12-13H,1-2,5-6,17H2/t9-,12-,13-/m0/s1. The van der Waals surface area contributed by atoms with Crippen molar-refractivity contribution >= 4 is 5.91 Å². The first-order valence-corrected chi connectivity index (χ1v) is 6.72. The van der Waals surface area contributed by atoms with E-state index in [4.69, 9.17) is 10.6 Å². The molecular weight excluding hydrogens is 266 g/mol. The van der Waals surface area contributed by atoms with Crippen LogP contribution in [0.2, 0.25) is 0 Å². The van der Waals surface area contributed by atoms with E-state index in [9.17, 15) is 13.6 Å². The molecule has 1 amide bonds. The van der Waals surface area contributed by atoms with Gasteiger partial charge in [0.2, 0.25) is 5.91 Å². The maximum absolute atomic E-state index is 13.3. The molecule has 2 fully saturated rings. The Morgan fingerprint density at radius 2 is 1.90 bits per heavy atom. The summed E-state index contributed by atoms with van der Waals surface area (Å²) < 4.78 is 26.6. The third kappa shape index (κ3) is 2.41. The smallest absolute Gasteiger partial charge is 0.249 e. The molecule has 1 aliphatic carbocycles. The van der Waals surface area contributed by atoms with Gasteiger partial charge in [-0.15, -0.1) is 0 Å². The number of carbonyl (C=O) groups is 1. The molecule has 1 saturated heterocycles. The van der Waals surface area contributed by atoms with E-state index in [1.807, 2.05) is 0 Å². The topological polar surface area (TPSA) is 55.6 Å². The summed E-state index contributed by atoms with van der Waals surface area (Å²) >= 11 is 0. The van der Waals surface area contributed by atoms with E-state index in [1.54, 1.807) is 0 Å². The maximum atomic E-state index is 13.3. The van der Waals surface area contributed by atoms with Gasteiger partial charge in [0.05, 0.1) is 12.6 Å². The Hall–Kier alpha value is -1.53. The molecule has 6 heteroatoms. The molecule has 0 spiro atoms. The number of benzene rings is 1. The molecule has 0 unspecified atom stereocenters. The van der Waals surface area contributed by atoms with Crippen LogP contribution in [0.4, 0.5) is 8.78 Å². The van der Waals surface area contributed by atoms with Crippen molar-refractivity contribution in [3.05, 3.63) is 35.4 Å². The highest BCUT2D eigenvalue weighted by Gasteiger charge is 2.40. The van der Waals surface area contributed by atoms with Gasteiger partial charge in [0, 0.05) is 24.4 Å². The van der Waals surface area contributed by atoms with Crippen molar-refractivity contribution in [1.29, 1.82) is 0 Å². The summed E-state index contributed by atoms with van der Waals surface area (Å²) in [6, 6.07) is 2.95. The number of hydroxylamine groups is 2. The van der Waals surface area contributed by atoms with Gasteiger partial charge in [-0.2, -0.15) is 0 Å². The fraction of sp³-hybridized carbons (Fsp3) is 0.500. The number of carbonyl (C=O) groups excluding carboxylic acids is 1. The number of hydrogen-bond donors (Lipinski definition) is 1. The molecule has 1 aliphatic heterocycles. The predicted molar refractivity (Wildman–Crippen MR) is 67.2 cm³/mol. The molecule has 20 heavy (non-hydrogen) atoms. The van der Waals surface area contributed by atoms with Gasteiger partial charge in [-0.25, -0.2) is 13.8 Å². The molecule has 1 atom stereocenters. The first-order valence-electron chi connectivity index (χ1n) is 6.72. The second kappa shape index (κ2) is 5.10. The predicted octanol–water partition coefficient (Wildman–Crippen LogP) is 1.91. The molecule has 3 rings (SSSR count). The molecule has 2 aliphatic rings. The van der Waals surface area contributed by atoms with Crippen LogP contribution in [0.15, 0.2) is 18.2 Å². The summed E-state index contributed by atoms with van der Waals surface area (Å²) in [5, 5.41) is 1.27. The fourth-order valence-corrected chi connectivity index (χ4v) is 2.80. The van der Waals surface area contributed by atoms with Gasteiger partial charge < -0.3 is 5.73 Å². The Morgan fingerprint density at radius 3 is 2.50 bits per heavy atom. The van der Waals surface area contributed by atoms with Gasteiger partial charge in [-0.3, -0.25) is 9.63 Å². The fourth-order valence-electron chi connectivity index (χ4n) is 2.80. The van der Waals surface area contributed by atoms with E-state index in [0.29, 0.717) is 31.4 Å². The highest BCUT2D eigenvalue weighted by molar-refractivity contribution is 5.79. The molecule has 1 aromatic rings. The van der Waals surface area contributed by atoms with Gasteiger partial charge in [0.1, 0.15) is 11.6 Å². The monoisotopic (exact) mass is 282 g/mol. The summed E-state index contributed by atoms with van der Waals surface area (Å²) in [7, 11) is 0. The van der Waals surface area contributed by atoms with Gasteiger partial charge >= 0.3 is 0 Å². The molecule has 2 N–H and O–H groups in total. The van der Waals surface area contributed by atoms with Crippen LogP contribution >= 0.6 is 0 Å². The van der Waals surface area contributed by atoms with Crippen LogP contribution in [0.3, 0.4) is 0 Å². The lowest BCUT2D eigenvalue weighted by molar-refractivity contribution is -0.185. The number of halogens is 2. The highest BCUT2D eigenvalue weighted by atomic mass is 19.1. The summed E-state index contributed by atoms with van der Waals surface area (Å²) in [6.45, 7) is 0.368. The van der Waals surface area contributed by atoms with Gasteiger partial charge in [0.15, 0.2) is 0 Å². The van der Waals surface area contributed by atoms with Gasteiger partial charge in [-0.1, -0.05) is 0 Å². The quantitative estimate of drug-likeness (QED) is 0.901.